The molecule has 1 aromatic rings. The highest BCUT2D eigenvalue weighted by molar-refractivity contribution is 14.1. The minimum atomic E-state index is -0.383. The van der Waals surface area contributed by atoms with Crippen molar-refractivity contribution in [1.29, 1.82) is 0 Å². The number of halogens is 1. The lowest BCUT2D eigenvalue weighted by Gasteiger charge is -2.10. The maximum absolute atomic E-state index is 11.7. The van der Waals surface area contributed by atoms with Gasteiger partial charge in [-0.1, -0.05) is 0 Å². The Labute approximate surface area is 107 Å². The molecule has 1 atom stereocenters. The summed E-state index contributed by atoms with van der Waals surface area (Å²) in [5.41, 5.74) is 0.756. The van der Waals surface area contributed by atoms with Gasteiger partial charge in [-0.05, 0) is 53.3 Å². The number of carbonyl (C=O) groups excluding carboxylic acids is 2. The first kappa shape index (κ1) is 11.4. The first-order valence-electron chi connectivity index (χ1n) is 5.01. The fourth-order valence-corrected chi connectivity index (χ4v) is 1.93. The van der Waals surface area contributed by atoms with Crippen LogP contribution in [0.4, 0.5) is 5.69 Å². The van der Waals surface area contributed by atoms with Crippen LogP contribution in [0.15, 0.2) is 24.3 Å². The summed E-state index contributed by atoms with van der Waals surface area (Å²) in [7, 11) is 0. The van der Waals surface area contributed by atoms with E-state index in [1.54, 1.807) is 0 Å². The van der Waals surface area contributed by atoms with E-state index in [-0.39, 0.29) is 17.9 Å². The van der Waals surface area contributed by atoms with Gasteiger partial charge in [0.05, 0.1) is 0 Å². The molecule has 2 rings (SSSR count). The molecule has 1 aliphatic heterocycles. The topological polar surface area (TPSA) is 58.2 Å². The molecule has 1 aliphatic rings. The Morgan fingerprint density at radius 3 is 2.62 bits per heavy atom. The van der Waals surface area contributed by atoms with Crippen molar-refractivity contribution in [2.45, 2.75) is 18.9 Å². The molecule has 1 fully saturated rings. The zero-order chi connectivity index (χ0) is 11.5. The predicted octanol–water partition coefficient (Wildman–Crippen LogP) is 1.51. The van der Waals surface area contributed by atoms with Crippen LogP contribution in [0.3, 0.4) is 0 Å². The first-order chi connectivity index (χ1) is 7.65. The molecule has 84 valence electrons. The first-order valence-corrected chi connectivity index (χ1v) is 6.09. The second-order valence-corrected chi connectivity index (χ2v) is 4.90. The van der Waals surface area contributed by atoms with Crippen molar-refractivity contribution in [2.75, 3.05) is 5.32 Å². The van der Waals surface area contributed by atoms with E-state index in [9.17, 15) is 9.59 Å². The molecule has 4 nitrogen and oxygen atoms in total. The molecule has 0 aliphatic carbocycles. The van der Waals surface area contributed by atoms with Crippen molar-refractivity contribution in [3.05, 3.63) is 27.8 Å². The van der Waals surface area contributed by atoms with E-state index >= 15 is 0 Å². The number of carbonyl (C=O) groups is 2. The number of nitrogens with one attached hydrogen (secondary N) is 2. The average Bonchev–Trinajstić information content (AvgIpc) is 2.68. The van der Waals surface area contributed by atoms with E-state index in [1.165, 1.54) is 0 Å². The maximum Gasteiger partial charge on any atom is 0.246 e. The van der Waals surface area contributed by atoms with Gasteiger partial charge in [0.15, 0.2) is 0 Å². The van der Waals surface area contributed by atoms with Crippen LogP contribution in [0.2, 0.25) is 0 Å². The molecular formula is C11H11IN2O2. The molecule has 2 amide bonds. The highest BCUT2D eigenvalue weighted by atomic mass is 127. The van der Waals surface area contributed by atoms with Gasteiger partial charge in [0.2, 0.25) is 11.8 Å². The molecule has 1 aromatic carbocycles. The number of rotatable bonds is 2. The average molecular weight is 330 g/mol. The molecule has 1 heterocycles. The summed E-state index contributed by atoms with van der Waals surface area (Å²) in [5, 5.41) is 5.41. The molecule has 1 saturated heterocycles. The minimum absolute atomic E-state index is 0.0530. The maximum atomic E-state index is 11.7. The number of amides is 2. The number of hydrogen-bond donors (Lipinski definition) is 2. The summed E-state index contributed by atoms with van der Waals surface area (Å²) in [5.74, 6) is -0.199. The molecule has 0 unspecified atom stereocenters. The molecule has 0 bridgehead atoms. The summed E-state index contributed by atoms with van der Waals surface area (Å²) in [6.07, 6.45) is 1.01. The summed E-state index contributed by atoms with van der Waals surface area (Å²) < 4.78 is 1.12. The second-order valence-electron chi connectivity index (χ2n) is 3.65. The second kappa shape index (κ2) is 4.82. The molecule has 16 heavy (non-hydrogen) atoms. The van der Waals surface area contributed by atoms with Gasteiger partial charge < -0.3 is 10.6 Å². The van der Waals surface area contributed by atoms with Crippen molar-refractivity contribution in [2.24, 2.45) is 0 Å². The van der Waals surface area contributed by atoms with Gasteiger partial charge in [0, 0.05) is 15.7 Å². The van der Waals surface area contributed by atoms with E-state index in [1.807, 2.05) is 24.3 Å². The minimum Gasteiger partial charge on any atom is -0.344 e. The van der Waals surface area contributed by atoms with E-state index in [0.29, 0.717) is 12.8 Å². The van der Waals surface area contributed by atoms with Gasteiger partial charge >= 0.3 is 0 Å². The van der Waals surface area contributed by atoms with E-state index in [4.69, 9.17) is 0 Å². The molecule has 2 N–H and O–H groups in total. The molecule has 0 radical (unpaired) electrons. The quantitative estimate of drug-likeness (QED) is 0.808. The Hall–Kier alpha value is -1.11. The Bertz CT molecular complexity index is 416. The van der Waals surface area contributed by atoms with Gasteiger partial charge in [0.1, 0.15) is 6.04 Å². The molecular weight excluding hydrogens is 319 g/mol. The SMILES string of the molecule is O=C1CC[C@H](C(=O)Nc2ccc(I)cc2)N1. The van der Waals surface area contributed by atoms with Crippen molar-refractivity contribution in [3.8, 4) is 0 Å². The smallest absolute Gasteiger partial charge is 0.246 e. The Balaban J connectivity index is 1.97. The highest BCUT2D eigenvalue weighted by Gasteiger charge is 2.26. The normalized spacial score (nSPS) is 19.3. The lowest BCUT2D eigenvalue weighted by atomic mass is 10.2. The van der Waals surface area contributed by atoms with Crippen LogP contribution in [0.1, 0.15) is 12.8 Å². The van der Waals surface area contributed by atoms with Gasteiger partial charge in [-0.3, -0.25) is 9.59 Å². The van der Waals surface area contributed by atoms with Gasteiger partial charge in [-0.2, -0.15) is 0 Å². The molecule has 0 saturated carbocycles. The monoisotopic (exact) mass is 330 g/mol. The molecule has 0 aromatic heterocycles. The van der Waals surface area contributed by atoms with Crippen LogP contribution in [-0.4, -0.2) is 17.9 Å². The fourth-order valence-electron chi connectivity index (χ4n) is 1.57. The fraction of sp³-hybridized carbons (Fsp3) is 0.273. The Morgan fingerprint density at radius 2 is 2.06 bits per heavy atom. The summed E-state index contributed by atoms with van der Waals surface area (Å²) in [6, 6.07) is 7.14. The third-order valence-corrected chi connectivity index (χ3v) is 3.14. The van der Waals surface area contributed by atoms with Crippen LogP contribution in [0.25, 0.3) is 0 Å². The van der Waals surface area contributed by atoms with Crippen molar-refractivity contribution >= 4 is 40.1 Å². The van der Waals surface area contributed by atoms with Gasteiger partial charge in [0.25, 0.3) is 0 Å². The summed E-state index contributed by atoms with van der Waals surface area (Å²) in [6.45, 7) is 0. The van der Waals surface area contributed by atoms with Crippen LogP contribution in [0.5, 0.6) is 0 Å². The van der Waals surface area contributed by atoms with Crippen LogP contribution in [0, 0.1) is 3.57 Å². The Morgan fingerprint density at radius 1 is 1.38 bits per heavy atom. The molecule has 5 heteroatoms. The van der Waals surface area contributed by atoms with Gasteiger partial charge in [-0.15, -0.1) is 0 Å². The van der Waals surface area contributed by atoms with E-state index in [0.717, 1.165) is 9.26 Å². The zero-order valence-corrected chi connectivity index (χ0v) is 10.7. The predicted molar refractivity (Wildman–Crippen MR) is 69.0 cm³/mol. The molecule has 0 spiro atoms. The van der Waals surface area contributed by atoms with E-state index < -0.39 is 0 Å². The van der Waals surface area contributed by atoms with Crippen LogP contribution in [-0.2, 0) is 9.59 Å². The summed E-state index contributed by atoms with van der Waals surface area (Å²) in [4.78, 5) is 22.7. The number of anilines is 1. The highest BCUT2D eigenvalue weighted by Crippen LogP contribution is 2.13. The third-order valence-electron chi connectivity index (χ3n) is 2.42. The van der Waals surface area contributed by atoms with Crippen molar-refractivity contribution in [3.63, 3.8) is 0 Å². The van der Waals surface area contributed by atoms with Gasteiger partial charge in [-0.25, -0.2) is 0 Å². The largest absolute Gasteiger partial charge is 0.344 e. The summed E-state index contributed by atoms with van der Waals surface area (Å²) >= 11 is 2.20. The number of benzene rings is 1. The standard InChI is InChI=1S/C11H11IN2O2/c12-7-1-3-8(4-2-7)13-11(16)9-5-6-10(15)14-9/h1-4,9H,5-6H2,(H,13,16)(H,14,15)/t9-/m1/s1. The zero-order valence-electron chi connectivity index (χ0n) is 8.50. The Kier molecular flexibility index (Phi) is 3.42. The lowest BCUT2D eigenvalue weighted by Crippen LogP contribution is -2.37. The van der Waals surface area contributed by atoms with Crippen molar-refractivity contribution in [1.82, 2.24) is 5.32 Å². The van der Waals surface area contributed by atoms with Crippen LogP contribution >= 0.6 is 22.6 Å². The van der Waals surface area contributed by atoms with Crippen LogP contribution < -0.4 is 10.6 Å². The van der Waals surface area contributed by atoms with Crippen molar-refractivity contribution < 1.29 is 9.59 Å². The third kappa shape index (κ3) is 2.72. The lowest BCUT2D eigenvalue weighted by molar-refractivity contribution is -0.122. The van der Waals surface area contributed by atoms with E-state index in [2.05, 4.69) is 33.2 Å². The number of hydrogen-bond acceptors (Lipinski definition) is 2.